The van der Waals surface area contributed by atoms with Gasteiger partial charge in [0, 0.05) is 10.7 Å². The smallest absolute Gasteiger partial charge is 0.318 e. The van der Waals surface area contributed by atoms with Crippen molar-refractivity contribution < 1.29 is 14.3 Å². The number of hydrogen-bond acceptors (Lipinski definition) is 3. The summed E-state index contributed by atoms with van der Waals surface area (Å²) in [5.41, 5.74) is 2.16. The van der Waals surface area contributed by atoms with E-state index in [9.17, 15) is 9.59 Å². The summed E-state index contributed by atoms with van der Waals surface area (Å²) in [5.74, 6) is -1.51. The van der Waals surface area contributed by atoms with E-state index in [1.165, 1.54) is 0 Å². The molecule has 0 aromatic heterocycles. The van der Waals surface area contributed by atoms with Crippen molar-refractivity contribution in [1.29, 1.82) is 0 Å². The number of carbonyl (C=O) groups excluding carboxylic acids is 2. The fourth-order valence-electron chi connectivity index (χ4n) is 2.86. The molecular weight excluding hydrogens is 374 g/mol. The Morgan fingerprint density at radius 1 is 0.857 bits per heavy atom. The van der Waals surface area contributed by atoms with Crippen LogP contribution in [0.2, 0.25) is 5.02 Å². The molecule has 0 saturated carbocycles. The van der Waals surface area contributed by atoms with Crippen LogP contribution in [0.15, 0.2) is 84.9 Å². The van der Waals surface area contributed by atoms with Gasteiger partial charge in [-0.05, 0) is 36.2 Å². The molecule has 4 nitrogen and oxygen atoms in total. The van der Waals surface area contributed by atoms with E-state index >= 15 is 0 Å². The van der Waals surface area contributed by atoms with Gasteiger partial charge < -0.3 is 10.1 Å². The van der Waals surface area contributed by atoms with Gasteiger partial charge in [-0.2, -0.15) is 0 Å². The minimum atomic E-state index is -0.957. The van der Waals surface area contributed by atoms with Crippen LogP contribution >= 0.6 is 11.6 Å². The number of esters is 1. The van der Waals surface area contributed by atoms with Crippen molar-refractivity contribution in [2.75, 3.05) is 5.32 Å². The van der Waals surface area contributed by atoms with E-state index in [1.54, 1.807) is 31.2 Å². The molecular formula is C23H20ClNO3. The zero-order valence-electron chi connectivity index (χ0n) is 15.3. The molecule has 0 radical (unpaired) electrons. The normalized spacial score (nSPS) is 11.7. The molecule has 0 saturated heterocycles. The summed E-state index contributed by atoms with van der Waals surface area (Å²) in [7, 11) is 0. The highest BCUT2D eigenvalue weighted by atomic mass is 35.5. The lowest BCUT2D eigenvalue weighted by Gasteiger charge is -2.20. The Balaban J connectivity index is 1.75. The second-order valence-corrected chi connectivity index (χ2v) is 6.77. The Hall–Kier alpha value is -3.11. The lowest BCUT2D eigenvalue weighted by molar-refractivity contribution is -0.153. The molecule has 1 N–H and O–H groups in total. The lowest BCUT2D eigenvalue weighted by atomic mass is 9.91. The molecule has 142 valence electrons. The number of ether oxygens (including phenoxy) is 1. The molecule has 0 aliphatic heterocycles. The third-order valence-corrected chi connectivity index (χ3v) is 4.49. The largest absolute Gasteiger partial charge is 0.452 e. The predicted molar refractivity (Wildman–Crippen MR) is 110 cm³/mol. The van der Waals surface area contributed by atoms with Gasteiger partial charge in [0.2, 0.25) is 0 Å². The van der Waals surface area contributed by atoms with Crippen LogP contribution in [0.5, 0.6) is 0 Å². The summed E-state index contributed by atoms with van der Waals surface area (Å²) >= 11 is 5.93. The van der Waals surface area contributed by atoms with Gasteiger partial charge in [0.05, 0.1) is 0 Å². The average Bonchev–Trinajstić information content (AvgIpc) is 2.70. The van der Waals surface area contributed by atoms with Gasteiger partial charge in [-0.25, -0.2) is 0 Å². The van der Waals surface area contributed by atoms with Crippen molar-refractivity contribution in [1.82, 2.24) is 0 Å². The van der Waals surface area contributed by atoms with Crippen LogP contribution in [0.4, 0.5) is 5.69 Å². The van der Waals surface area contributed by atoms with E-state index in [2.05, 4.69) is 5.32 Å². The number of hydrogen-bond donors (Lipinski definition) is 1. The van der Waals surface area contributed by atoms with E-state index in [1.807, 2.05) is 60.7 Å². The van der Waals surface area contributed by atoms with Gasteiger partial charge in [-0.1, -0.05) is 78.3 Å². The molecule has 0 heterocycles. The van der Waals surface area contributed by atoms with Crippen molar-refractivity contribution >= 4 is 29.2 Å². The zero-order valence-corrected chi connectivity index (χ0v) is 16.1. The molecule has 1 amide bonds. The van der Waals surface area contributed by atoms with E-state index in [0.29, 0.717) is 10.7 Å². The number of rotatable bonds is 6. The first kappa shape index (κ1) is 19.6. The van der Waals surface area contributed by atoms with E-state index in [-0.39, 0.29) is 0 Å². The van der Waals surface area contributed by atoms with Crippen molar-refractivity contribution in [3.8, 4) is 0 Å². The van der Waals surface area contributed by atoms with Crippen LogP contribution in [-0.2, 0) is 14.3 Å². The number of amides is 1. The standard InChI is InChI=1S/C23H20ClNO3/c1-16(22(26)25-20-14-8-13-19(24)15-20)28-23(27)21(17-9-4-2-5-10-17)18-11-6-3-7-12-18/h2-16,21H,1H3,(H,25,26). The summed E-state index contributed by atoms with van der Waals surface area (Å²) in [5, 5.41) is 3.22. The van der Waals surface area contributed by atoms with E-state index in [0.717, 1.165) is 11.1 Å². The summed E-state index contributed by atoms with van der Waals surface area (Å²) in [6.07, 6.45) is -0.957. The van der Waals surface area contributed by atoms with Crippen molar-refractivity contribution in [2.24, 2.45) is 0 Å². The van der Waals surface area contributed by atoms with Gasteiger partial charge in [0.25, 0.3) is 5.91 Å². The molecule has 3 rings (SSSR count). The Morgan fingerprint density at radius 2 is 1.43 bits per heavy atom. The SMILES string of the molecule is CC(OC(=O)C(c1ccccc1)c1ccccc1)C(=O)Nc1cccc(Cl)c1. The molecule has 5 heteroatoms. The van der Waals surface area contributed by atoms with Gasteiger partial charge in [-0.15, -0.1) is 0 Å². The van der Waals surface area contributed by atoms with Crippen molar-refractivity contribution in [3.63, 3.8) is 0 Å². The summed E-state index contributed by atoms with van der Waals surface area (Å²) in [6.45, 7) is 1.55. The quantitative estimate of drug-likeness (QED) is 0.597. The topological polar surface area (TPSA) is 55.4 Å². The lowest BCUT2D eigenvalue weighted by Crippen LogP contribution is -2.32. The van der Waals surface area contributed by atoms with Crippen molar-refractivity contribution in [2.45, 2.75) is 18.9 Å². The van der Waals surface area contributed by atoms with Crippen LogP contribution in [0, 0.1) is 0 Å². The first-order valence-electron chi connectivity index (χ1n) is 8.91. The molecule has 0 spiro atoms. The summed E-state index contributed by atoms with van der Waals surface area (Å²) in [4.78, 5) is 25.4. The first-order chi connectivity index (χ1) is 13.5. The molecule has 1 unspecified atom stereocenters. The molecule has 0 fully saturated rings. The molecule has 3 aromatic rings. The molecule has 28 heavy (non-hydrogen) atoms. The first-order valence-corrected chi connectivity index (χ1v) is 9.29. The highest BCUT2D eigenvalue weighted by molar-refractivity contribution is 6.30. The van der Waals surface area contributed by atoms with Crippen molar-refractivity contribution in [3.05, 3.63) is 101 Å². The van der Waals surface area contributed by atoms with Gasteiger partial charge in [0.15, 0.2) is 6.10 Å². The zero-order chi connectivity index (χ0) is 19.9. The third-order valence-electron chi connectivity index (χ3n) is 4.26. The highest BCUT2D eigenvalue weighted by Crippen LogP contribution is 2.26. The maximum Gasteiger partial charge on any atom is 0.318 e. The predicted octanol–water partition coefficient (Wildman–Crippen LogP) is 5.04. The number of nitrogens with one attached hydrogen (secondary N) is 1. The Morgan fingerprint density at radius 3 is 1.96 bits per heavy atom. The number of anilines is 1. The van der Waals surface area contributed by atoms with E-state index < -0.39 is 23.9 Å². The van der Waals surface area contributed by atoms with Crippen LogP contribution in [0.3, 0.4) is 0 Å². The number of halogens is 1. The summed E-state index contributed by atoms with van der Waals surface area (Å²) < 4.78 is 5.50. The maximum absolute atomic E-state index is 12.9. The Labute approximate surface area is 169 Å². The highest BCUT2D eigenvalue weighted by Gasteiger charge is 2.27. The van der Waals surface area contributed by atoms with Crippen LogP contribution < -0.4 is 5.32 Å². The van der Waals surface area contributed by atoms with Gasteiger partial charge in [0.1, 0.15) is 5.92 Å². The van der Waals surface area contributed by atoms with Crippen LogP contribution in [0.1, 0.15) is 24.0 Å². The monoisotopic (exact) mass is 393 g/mol. The Kier molecular flexibility index (Phi) is 6.45. The molecule has 0 bridgehead atoms. The molecule has 1 atom stereocenters. The second kappa shape index (κ2) is 9.20. The van der Waals surface area contributed by atoms with Crippen LogP contribution in [0.25, 0.3) is 0 Å². The van der Waals surface area contributed by atoms with E-state index in [4.69, 9.17) is 16.3 Å². The summed E-state index contributed by atoms with van der Waals surface area (Å²) in [6, 6.07) is 25.5. The minimum absolute atomic E-state index is 0.421. The van der Waals surface area contributed by atoms with Gasteiger partial charge >= 0.3 is 5.97 Å². The Bertz CT molecular complexity index is 905. The third kappa shape index (κ3) is 4.99. The second-order valence-electron chi connectivity index (χ2n) is 6.33. The minimum Gasteiger partial charge on any atom is -0.452 e. The number of benzene rings is 3. The maximum atomic E-state index is 12.9. The van der Waals surface area contributed by atoms with Gasteiger partial charge in [-0.3, -0.25) is 9.59 Å². The number of carbonyl (C=O) groups is 2. The average molecular weight is 394 g/mol. The fourth-order valence-corrected chi connectivity index (χ4v) is 3.05. The molecule has 3 aromatic carbocycles. The molecule has 0 aliphatic rings. The fraction of sp³-hybridized carbons (Fsp3) is 0.130. The van der Waals surface area contributed by atoms with Crippen LogP contribution in [-0.4, -0.2) is 18.0 Å². The molecule has 0 aliphatic carbocycles.